The molecule has 0 spiro atoms. The maximum absolute atomic E-state index is 13.7. The molecule has 4 fully saturated rings. The third-order valence-corrected chi connectivity index (χ3v) is 8.91. The zero-order valence-corrected chi connectivity index (χ0v) is 20.9. The van der Waals surface area contributed by atoms with E-state index in [9.17, 15) is 26.8 Å². The first kappa shape index (κ1) is 26.2. The Labute approximate surface area is 206 Å². The van der Waals surface area contributed by atoms with Crippen molar-refractivity contribution < 1.29 is 40.8 Å². The van der Waals surface area contributed by atoms with E-state index in [1.54, 1.807) is 0 Å². The summed E-state index contributed by atoms with van der Waals surface area (Å²) < 4.78 is 68.9. The molecule has 0 atom stereocenters. The van der Waals surface area contributed by atoms with Gasteiger partial charge in [0.2, 0.25) is 0 Å². The minimum Gasteiger partial charge on any atom is -0.458 e. The van der Waals surface area contributed by atoms with Crippen LogP contribution in [0.4, 0.5) is 8.78 Å². The van der Waals surface area contributed by atoms with Gasteiger partial charge in [-0.1, -0.05) is 36.2 Å². The lowest BCUT2D eigenvalue weighted by Crippen LogP contribution is -2.58. The molecule has 188 valence electrons. The molecule has 35 heavy (non-hydrogen) atoms. The van der Waals surface area contributed by atoms with Crippen molar-refractivity contribution in [1.29, 1.82) is 0 Å². The van der Waals surface area contributed by atoms with Crippen molar-refractivity contribution in [3.63, 3.8) is 0 Å². The summed E-state index contributed by atoms with van der Waals surface area (Å²) in [5, 5.41) is -5.00. The molecule has 5 rings (SSSR count). The first-order valence-electron chi connectivity index (χ1n) is 12.3. The van der Waals surface area contributed by atoms with Crippen molar-refractivity contribution in [2.75, 3.05) is 0 Å². The van der Waals surface area contributed by atoms with Gasteiger partial charge in [0.05, 0.1) is 5.56 Å². The van der Waals surface area contributed by atoms with Crippen LogP contribution in [0.25, 0.3) is 0 Å². The average molecular weight is 508 g/mol. The van der Waals surface area contributed by atoms with Gasteiger partial charge >= 0.3 is 27.3 Å². The molecule has 0 heterocycles. The van der Waals surface area contributed by atoms with Crippen LogP contribution >= 0.6 is 0 Å². The zero-order chi connectivity index (χ0) is 25.7. The largest absolute Gasteiger partial charge is 0.465 e. The maximum atomic E-state index is 13.7. The molecule has 4 saturated carbocycles. The van der Waals surface area contributed by atoms with E-state index < -0.39 is 27.4 Å². The molecule has 1 aromatic carbocycles. The van der Waals surface area contributed by atoms with Crippen molar-refractivity contribution in [3.05, 3.63) is 34.4 Å². The molecule has 0 radical (unpaired) electrons. The molecule has 1 aromatic rings. The third kappa shape index (κ3) is 4.66. The van der Waals surface area contributed by atoms with E-state index in [0.717, 1.165) is 35.7 Å². The fourth-order valence-electron chi connectivity index (χ4n) is 6.57. The van der Waals surface area contributed by atoms with Gasteiger partial charge < -0.3 is 9.47 Å². The van der Waals surface area contributed by atoms with Crippen LogP contribution < -0.4 is 0 Å². The van der Waals surface area contributed by atoms with Gasteiger partial charge in [-0.25, -0.2) is 9.59 Å². The van der Waals surface area contributed by atoms with Crippen LogP contribution in [0.1, 0.15) is 52.7 Å². The highest BCUT2D eigenvalue weighted by Crippen LogP contribution is 2.56. The maximum Gasteiger partial charge on any atom is 0.465 e. The zero-order valence-electron chi connectivity index (χ0n) is 20.1. The molecule has 0 aromatic heterocycles. The van der Waals surface area contributed by atoms with Gasteiger partial charge in [-0.2, -0.15) is 17.2 Å². The summed E-state index contributed by atoms with van der Waals surface area (Å²) >= 11 is 0. The molecule has 0 amide bonds. The van der Waals surface area contributed by atoms with E-state index in [-0.39, 0.29) is 35.7 Å². The van der Waals surface area contributed by atoms with Crippen LogP contribution in [0.15, 0.2) is 12.1 Å². The third-order valence-electron chi connectivity index (χ3n) is 8.09. The van der Waals surface area contributed by atoms with Crippen LogP contribution in [0, 0.1) is 23.7 Å². The highest BCUT2D eigenvalue weighted by Gasteiger charge is 2.59. The number of esters is 2. The minimum atomic E-state index is -5.91. The Bertz CT molecular complexity index is 1100. The summed E-state index contributed by atoms with van der Waals surface area (Å²) in [5.41, 5.74) is 3.85. The van der Waals surface area contributed by atoms with Crippen molar-refractivity contribution in [2.24, 2.45) is 23.7 Å². The fraction of sp³-hybridized carbons (Fsp3) is 0.636. The Morgan fingerprint density at radius 3 is 1.86 bits per heavy atom. The minimum absolute atomic E-state index is 0.0311. The highest BCUT2D eigenvalue weighted by molar-refractivity contribution is 7.87. The summed E-state index contributed by atoms with van der Waals surface area (Å²) in [6.45, 7) is 0. The SMILES string of the molecule is BCc1cc(CB)c(CB)c(C(=O)OC2C3CC4CC2CC(C3)C4OC(=O)C(F)(F)S(=O)(=O)O)c1. The van der Waals surface area contributed by atoms with Crippen molar-refractivity contribution in [3.8, 4) is 0 Å². The second-order valence-corrected chi connectivity index (χ2v) is 11.5. The Morgan fingerprint density at radius 1 is 0.914 bits per heavy atom. The number of ether oxygens (including phenoxy) is 2. The Hall–Kier alpha value is -1.88. The molecule has 1 N–H and O–H groups in total. The van der Waals surface area contributed by atoms with Gasteiger partial charge in [-0.3, -0.25) is 4.55 Å². The van der Waals surface area contributed by atoms with Gasteiger partial charge in [0.15, 0.2) is 0 Å². The molecule has 0 unspecified atom stereocenters. The van der Waals surface area contributed by atoms with Crippen LogP contribution in [-0.2, 0) is 43.3 Å². The lowest BCUT2D eigenvalue weighted by Gasteiger charge is -2.56. The highest BCUT2D eigenvalue weighted by atomic mass is 32.2. The van der Waals surface area contributed by atoms with E-state index in [4.69, 9.17) is 14.0 Å². The fourth-order valence-corrected chi connectivity index (χ4v) is 6.83. The van der Waals surface area contributed by atoms with Gasteiger partial charge in [0, 0.05) is 0 Å². The molecule has 13 heteroatoms. The predicted molar refractivity (Wildman–Crippen MR) is 131 cm³/mol. The van der Waals surface area contributed by atoms with Crippen LogP contribution in [0.5, 0.6) is 0 Å². The monoisotopic (exact) mass is 508 g/mol. The molecule has 0 aliphatic heterocycles. The first-order valence-corrected chi connectivity index (χ1v) is 13.8. The van der Waals surface area contributed by atoms with Crippen LogP contribution in [-0.4, -0.2) is 65.9 Å². The second-order valence-electron chi connectivity index (χ2n) is 10.1. The van der Waals surface area contributed by atoms with Gasteiger partial charge in [0.25, 0.3) is 0 Å². The van der Waals surface area contributed by atoms with Gasteiger partial charge in [-0.15, -0.1) is 0 Å². The lowest BCUT2D eigenvalue weighted by atomic mass is 9.53. The molecule has 4 bridgehead atoms. The molecule has 0 saturated heterocycles. The summed E-state index contributed by atoms with van der Waals surface area (Å²) in [4.78, 5) is 25.2. The number of hydrogen-bond acceptors (Lipinski definition) is 6. The Balaban J connectivity index is 1.47. The average Bonchev–Trinajstić information content (AvgIpc) is 2.80. The number of rotatable bonds is 8. The quantitative estimate of drug-likeness (QED) is 0.301. The number of alkyl halides is 2. The number of carbonyl (C=O) groups excluding carboxylic acids is 2. The summed E-state index contributed by atoms with van der Waals surface area (Å²) in [6, 6.07) is 4.06. The molecule has 4 aliphatic carbocycles. The van der Waals surface area contributed by atoms with E-state index in [1.807, 2.05) is 21.8 Å². The molecular weight excluding hydrogens is 479 g/mol. The standard InChI is InChI=1S/C22H29B3F2O7S/c23-7-10-1-15(8-24)17(9-25)16(2-10)20(28)33-18-11-3-13-5-12(18)6-14(4-11)19(13)34-21(29)22(26,27)35(30,31)32/h1-2,11-14,18-19H,3-9,23-25H2,(H,30,31,32). The summed E-state index contributed by atoms with van der Waals surface area (Å²) in [7, 11) is 0.222. The van der Waals surface area contributed by atoms with E-state index in [1.165, 1.54) is 0 Å². The van der Waals surface area contributed by atoms with Crippen LogP contribution in [0.2, 0.25) is 0 Å². The van der Waals surface area contributed by atoms with Crippen molar-refractivity contribution in [2.45, 2.75) is 62.1 Å². The van der Waals surface area contributed by atoms with E-state index >= 15 is 0 Å². The topological polar surface area (TPSA) is 107 Å². The van der Waals surface area contributed by atoms with Gasteiger partial charge in [-0.05, 0) is 61.0 Å². The summed E-state index contributed by atoms with van der Waals surface area (Å²) in [6.07, 6.45) is 3.39. The molecule has 4 aliphatic rings. The smallest absolute Gasteiger partial charge is 0.458 e. The number of benzene rings is 1. The molecular formula is C22H29B3F2O7S. The van der Waals surface area contributed by atoms with Crippen molar-refractivity contribution in [1.82, 2.24) is 0 Å². The predicted octanol–water partition coefficient (Wildman–Crippen LogP) is 0.0697. The number of carbonyl (C=O) groups is 2. The van der Waals surface area contributed by atoms with Crippen molar-refractivity contribution >= 4 is 45.6 Å². The van der Waals surface area contributed by atoms with Gasteiger partial charge in [0.1, 0.15) is 35.7 Å². The van der Waals surface area contributed by atoms with Crippen LogP contribution in [0.3, 0.4) is 0 Å². The number of halogens is 2. The van der Waals surface area contributed by atoms with E-state index in [0.29, 0.717) is 31.2 Å². The summed E-state index contributed by atoms with van der Waals surface area (Å²) in [5.74, 6) is -2.94. The molecule has 7 nitrogen and oxygen atoms in total. The number of hydrogen-bond donors (Lipinski definition) is 1. The normalized spacial score (nSPS) is 29.7. The van der Waals surface area contributed by atoms with E-state index in [2.05, 4.69) is 13.9 Å². The first-order chi connectivity index (χ1) is 16.4. The Morgan fingerprint density at radius 2 is 1.43 bits per heavy atom. The lowest BCUT2D eigenvalue weighted by molar-refractivity contribution is -0.197. The Kier molecular flexibility index (Phi) is 7.14. The second kappa shape index (κ2) is 9.54.